The van der Waals surface area contributed by atoms with Crippen LogP contribution in [-0.2, 0) is 14.3 Å². The highest BCUT2D eigenvalue weighted by Gasteiger charge is 2.24. The summed E-state index contributed by atoms with van der Waals surface area (Å²) < 4.78 is 10.9. The number of aliphatic hydroxyl groups is 1. The van der Waals surface area contributed by atoms with E-state index in [0.717, 1.165) is 38.5 Å². The van der Waals surface area contributed by atoms with Crippen molar-refractivity contribution in [1.82, 2.24) is 0 Å². The molecule has 0 bridgehead atoms. The minimum absolute atomic E-state index is 0.0535. The Morgan fingerprint density at radius 1 is 1.21 bits per heavy atom. The molecule has 0 aromatic carbocycles. The van der Waals surface area contributed by atoms with Gasteiger partial charge in [-0.15, -0.1) is 0 Å². The zero-order valence-electron chi connectivity index (χ0n) is 12.5. The van der Waals surface area contributed by atoms with Crippen molar-refractivity contribution in [3.8, 4) is 0 Å². The third-order valence-electron chi connectivity index (χ3n) is 3.42. The van der Waals surface area contributed by atoms with Crippen molar-refractivity contribution in [2.45, 2.75) is 71.5 Å². The van der Waals surface area contributed by atoms with Crippen LogP contribution in [0.15, 0.2) is 0 Å². The molecule has 2 atom stereocenters. The van der Waals surface area contributed by atoms with Crippen molar-refractivity contribution >= 4 is 5.97 Å². The Kier molecular flexibility index (Phi) is 6.80. The smallest absolute Gasteiger partial charge is 0.311 e. The molecule has 1 saturated heterocycles. The van der Waals surface area contributed by atoms with Gasteiger partial charge in [0.25, 0.3) is 0 Å². The van der Waals surface area contributed by atoms with Crippen molar-refractivity contribution in [1.29, 1.82) is 0 Å². The molecule has 0 aromatic heterocycles. The van der Waals surface area contributed by atoms with Gasteiger partial charge in [0.05, 0.1) is 30.8 Å². The van der Waals surface area contributed by atoms with Gasteiger partial charge in [-0.2, -0.15) is 0 Å². The second-order valence-electron chi connectivity index (χ2n) is 6.38. The molecule has 1 N–H and O–H groups in total. The Balaban J connectivity index is 1.96. The van der Waals surface area contributed by atoms with Crippen LogP contribution >= 0.6 is 0 Å². The van der Waals surface area contributed by atoms with E-state index >= 15 is 0 Å². The fraction of sp³-hybridized carbons (Fsp3) is 0.933. The molecule has 1 aliphatic heterocycles. The van der Waals surface area contributed by atoms with Gasteiger partial charge < -0.3 is 14.6 Å². The zero-order valence-corrected chi connectivity index (χ0v) is 12.5. The van der Waals surface area contributed by atoms with Crippen LogP contribution in [0.1, 0.15) is 59.3 Å². The summed E-state index contributed by atoms with van der Waals surface area (Å²) in [4.78, 5) is 11.5. The van der Waals surface area contributed by atoms with Crippen molar-refractivity contribution in [2.75, 3.05) is 13.2 Å². The van der Waals surface area contributed by atoms with E-state index in [1.807, 2.05) is 20.8 Å². The molecule has 4 nitrogen and oxygen atoms in total. The Labute approximate surface area is 116 Å². The van der Waals surface area contributed by atoms with E-state index in [1.54, 1.807) is 0 Å². The molecule has 1 rings (SSSR count). The molecule has 19 heavy (non-hydrogen) atoms. The Bertz CT molecular complexity index is 270. The summed E-state index contributed by atoms with van der Waals surface area (Å²) in [6.07, 6.45) is 6.51. The van der Waals surface area contributed by atoms with Gasteiger partial charge in [-0.1, -0.05) is 6.42 Å². The van der Waals surface area contributed by atoms with E-state index in [1.165, 1.54) is 0 Å². The quantitative estimate of drug-likeness (QED) is 0.572. The van der Waals surface area contributed by atoms with Crippen molar-refractivity contribution in [3.63, 3.8) is 0 Å². The molecule has 1 heterocycles. The summed E-state index contributed by atoms with van der Waals surface area (Å²) in [5.41, 5.74) is -0.406. The minimum Gasteiger partial charge on any atom is -0.465 e. The first-order valence-corrected chi connectivity index (χ1v) is 7.37. The highest BCUT2D eigenvalue weighted by atomic mass is 16.5. The molecular weight excluding hydrogens is 244 g/mol. The van der Waals surface area contributed by atoms with Gasteiger partial charge >= 0.3 is 5.97 Å². The average Bonchev–Trinajstić information content (AvgIpc) is 2.80. The van der Waals surface area contributed by atoms with Gasteiger partial charge in [0.1, 0.15) is 0 Å². The molecule has 1 fully saturated rings. The molecule has 0 unspecified atom stereocenters. The SMILES string of the molecule is CC(C)(C)C(=O)OCCCCC[C@@H]1CC[C@@H](CO)O1. The maximum atomic E-state index is 11.5. The monoisotopic (exact) mass is 272 g/mol. The second-order valence-corrected chi connectivity index (χ2v) is 6.38. The average molecular weight is 272 g/mol. The highest BCUT2D eigenvalue weighted by molar-refractivity contribution is 5.75. The van der Waals surface area contributed by atoms with Crippen LogP contribution in [0.5, 0.6) is 0 Å². The van der Waals surface area contributed by atoms with E-state index in [0.29, 0.717) is 12.7 Å². The summed E-state index contributed by atoms with van der Waals surface area (Å²) in [7, 11) is 0. The van der Waals surface area contributed by atoms with Gasteiger partial charge in [-0.25, -0.2) is 0 Å². The van der Waals surface area contributed by atoms with E-state index in [9.17, 15) is 4.79 Å². The predicted octanol–water partition coefficient (Wildman–Crippen LogP) is 2.68. The molecule has 0 amide bonds. The van der Waals surface area contributed by atoms with Crippen LogP contribution in [0, 0.1) is 5.41 Å². The van der Waals surface area contributed by atoms with Gasteiger partial charge in [0.15, 0.2) is 0 Å². The van der Waals surface area contributed by atoms with Crippen LogP contribution in [0.3, 0.4) is 0 Å². The minimum atomic E-state index is -0.406. The molecule has 112 valence electrons. The first kappa shape index (κ1) is 16.4. The fourth-order valence-electron chi connectivity index (χ4n) is 2.16. The number of aliphatic hydroxyl groups excluding tert-OH is 1. The first-order valence-electron chi connectivity index (χ1n) is 7.37. The number of hydrogen-bond donors (Lipinski definition) is 1. The lowest BCUT2D eigenvalue weighted by Crippen LogP contribution is -2.23. The van der Waals surface area contributed by atoms with Crippen LogP contribution in [-0.4, -0.2) is 36.5 Å². The number of esters is 1. The zero-order chi connectivity index (χ0) is 14.3. The molecule has 0 radical (unpaired) electrons. The highest BCUT2D eigenvalue weighted by Crippen LogP contribution is 2.23. The van der Waals surface area contributed by atoms with Gasteiger partial charge in [-0.05, 0) is 52.9 Å². The lowest BCUT2D eigenvalue weighted by atomic mass is 9.97. The summed E-state index contributed by atoms with van der Waals surface area (Å²) >= 11 is 0. The molecule has 0 aromatic rings. The van der Waals surface area contributed by atoms with E-state index in [-0.39, 0.29) is 18.7 Å². The number of ether oxygens (including phenoxy) is 2. The summed E-state index contributed by atoms with van der Waals surface area (Å²) in [6, 6.07) is 0. The fourth-order valence-corrected chi connectivity index (χ4v) is 2.16. The van der Waals surface area contributed by atoms with Crippen LogP contribution in [0.4, 0.5) is 0 Å². The molecule has 0 aliphatic carbocycles. The van der Waals surface area contributed by atoms with E-state index in [2.05, 4.69) is 0 Å². The standard InChI is InChI=1S/C15H28O4/c1-15(2,3)14(17)18-10-6-4-5-7-12-8-9-13(11-16)19-12/h12-13,16H,4-11H2,1-3H3/t12-,13+/m1/s1. The van der Waals surface area contributed by atoms with Crippen molar-refractivity contribution in [3.05, 3.63) is 0 Å². The number of rotatable bonds is 7. The van der Waals surface area contributed by atoms with Crippen LogP contribution < -0.4 is 0 Å². The third kappa shape index (κ3) is 6.39. The number of carbonyl (C=O) groups excluding carboxylic acids is 1. The molecular formula is C15H28O4. The van der Waals surface area contributed by atoms with Gasteiger partial charge in [0.2, 0.25) is 0 Å². The second kappa shape index (κ2) is 7.85. The summed E-state index contributed by atoms with van der Waals surface area (Å²) in [5, 5.41) is 8.97. The van der Waals surface area contributed by atoms with E-state index < -0.39 is 5.41 Å². The number of carbonyl (C=O) groups is 1. The molecule has 0 saturated carbocycles. The summed E-state index contributed by atoms with van der Waals surface area (Å²) in [5.74, 6) is -0.127. The topological polar surface area (TPSA) is 55.8 Å². The Morgan fingerprint density at radius 2 is 1.89 bits per heavy atom. The van der Waals surface area contributed by atoms with E-state index in [4.69, 9.17) is 14.6 Å². The lowest BCUT2D eigenvalue weighted by Gasteiger charge is -2.16. The number of unbranched alkanes of at least 4 members (excludes halogenated alkanes) is 2. The Hall–Kier alpha value is -0.610. The third-order valence-corrected chi connectivity index (χ3v) is 3.42. The first-order chi connectivity index (χ1) is 8.93. The largest absolute Gasteiger partial charge is 0.465 e. The van der Waals surface area contributed by atoms with Crippen LogP contribution in [0.2, 0.25) is 0 Å². The maximum absolute atomic E-state index is 11.5. The summed E-state index contributed by atoms with van der Waals surface area (Å²) in [6.45, 7) is 6.25. The number of hydrogen-bond acceptors (Lipinski definition) is 4. The van der Waals surface area contributed by atoms with Gasteiger partial charge in [0, 0.05) is 0 Å². The maximum Gasteiger partial charge on any atom is 0.311 e. The van der Waals surface area contributed by atoms with Crippen LogP contribution in [0.25, 0.3) is 0 Å². The van der Waals surface area contributed by atoms with Crippen molar-refractivity contribution < 1.29 is 19.4 Å². The molecule has 4 heteroatoms. The molecule has 0 spiro atoms. The predicted molar refractivity (Wildman–Crippen MR) is 73.9 cm³/mol. The molecule has 1 aliphatic rings. The van der Waals surface area contributed by atoms with Gasteiger partial charge in [-0.3, -0.25) is 4.79 Å². The Morgan fingerprint density at radius 3 is 2.47 bits per heavy atom. The van der Waals surface area contributed by atoms with Crippen molar-refractivity contribution in [2.24, 2.45) is 5.41 Å². The normalized spacial score (nSPS) is 23.6. The lowest BCUT2D eigenvalue weighted by molar-refractivity contribution is -0.153.